The van der Waals surface area contributed by atoms with Gasteiger partial charge in [0.05, 0.1) is 23.2 Å². The van der Waals surface area contributed by atoms with Crippen LogP contribution in [0, 0.1) is 20.8 Å². The summed E-state index contributed by atoms with van der Waals surface area (Å²) in [6.07, 6.45) is 0. The molecule has 0 aliphatic heterocycles. The van der Waals surface area contributed by atoms with Crippen LogP contribution in [0.25, 0.3) is 0 Å². The predicted octanol–water partition coefficient (Wildman–Crippen LogP) is 5.85. The Morgan fingerprint density at radius 3 is 2.17 bits per heavy atom. The molecule has 0 aliphatic carbocycles. The lowest BCUT2D eigenvalue weighted by Crippen LogP contribution is -2.41. The number of ether oxygens (including phenoxy) is 1. The maximum atomic E-state index is 13.6. The van der Waals surface area contributed by atoms with Crippen molar-refractivity contribution in [3.63, 3.8) is 0 Å². The van der Waals surface area contributed by atoms with Crippen molar-refractivity contribution in [3.8, 4) is 5.75 Å². The lowest BCUT2D eigenvalue weighted by Gasteiger charge is -2.26. The minimum Gasteiger partial charge on any atom is -0.494 e. The third-order valence-electron chi connectivity index (χ3n) is 5.85. The zero-order valence-electron chi connectivity index (χ0n) is 20.6. The number of benzene rings is 3. The number of nitrogens with zero attached hydrogens (tertiary/aromatic N) is 1. The first-order valence-electron chi connectivity index (χ1n) is 11.4. The molecule has 3 aromatic carbocycles. The summed E-state index contributed by atoms with van der Waals surface area (Å²) < 4.78 is 34.5. The molecule has 0 aliphatic rings. The van der Waals surface area contributed by atoms with Gasteiger partial charge < -0.3 is 10.1 Å². The van der Waals surface area contributed by atoms with E-state index < -0.39 is 15.9 Å². The fraction of sp³-hybridized carbons (Fsp3) is 0.296. The van der Waals surface area contributed by atoms with Gasteiger partial charge in [-0.15, -0.1) is 0 Å². The first-order chi connectivity index (χ1) is 16.5. The summed E-state index contributed by atoms with van der Waals surface area (Å²) >= 11 is 3.34. The van der Waals surface area contributed by atoms with Crippen LogP contribution in [0.1, 0.15) is 42.1 Å². The van der Waals surface area contributed by atoms with Crippen molar-refractivity contribution in [2.75, 3.05) is 17.5 Å². The molecule has 0 saturated heterocycles. The second kappa shape index (κ2) is 11.3. The van der Waals surface area contributed by atoms with E-state index >= 15 is 0 Å². The molecule has 3 aromatic rings. The standard InChI is InChI=1S/C27H31BrN2O4S/c1-6-34-24-11-9-23(10-12-24)30(35(32,33)25-13-7-22(28)8-14-25)17-27(31)29-21(5)26-16-19(3)18(2)15-20(26)4/h7-16,21H,6,17H2,1-5H3,(H,29,31). The van der Waals surface area contributed by atoms with Gasteiger partial charge in [0.15, 0.2) is 0 Å². The van der Waals surface area contributed by atoms with Gasteiger partial charge >= 0.3 is 0 Å². The maximum Gasteiger partial charge on any atom is 0.264 e. The highest BCUT2D eigenvalue weighted by Gasteiger charge is 2.28. The summed E-state index contributed by atoms with van der Waals surface area (Å²) in [5, 5.41) is 2.97. The summed E-state index contributed by atoms with van der Waals surface area (Å²) in [5.74, 6) is 0.227. The molecule has 3 rings (SSSR count). The zero-order chi connectivity index (χ0) is 25.8. The first kappa shape index (κ1) is 26.8. The Balaban J connectivity index is 1.91. The fourth-order valence-electron chi connectivity index (χ4n) is 3.87. The van der Waals surface area contributed by atoms with Crippen LogP contribution in [0.3, 0.4) is 0 Å². The molecule has 1 N–H and O–H groups in total. The fourth-order valence-corrected chi connectivity index (χ4v) is 5.55. The second-order valence-electron chi connectivity index (χ2n) is 8.47. The topological polar surface area (TPSA) is 75.7 Å². The van der Waals surface area contributed by atoms with Crippen LogP contribution in [0.5, 0.6) is 5.75 Å². The average molecular weight is 560 g/mol. The third-order valence-corrected chi connectivity index (χ3v) is 8.17. The van der Waals surface area contributed by atoms with Crippen molar-refractivity contribution >= 4 is 37.5 Å². The summed E-state index contributed by atoms with van der Waals surface area (Å²) in [6, 6.07) is 16.9. The van der Waals surface area contributed by atoms with Gasteiger partial charge in [-0.1, -0.05) is 28.1 Å². The van der Waals surface area contributed by atoms with E-state index in [2.05, 4.69) is 40.3 Å². The van der Waals surface area contributed by atoms with Crippen LogP contribution in [0.2, 0.25) is 0 Å². The first-order valence-corrected chi connectivity index (χ1v) is 13.6. The van der Waals surface area contributed by atoms with Crippen LogP contribution in [-0.4, -0.2) is 27.5 Å². The molecule has 0 fully saturated rings. The number of hydrogen-bond acceptors (Lipinski definition) is 4. The molecule has 35 heavy (non-hydrogen) atoms. The highest BCUT2D eigenvalue weighted by Crippen LogP contribution is 2.27. The number of amides is 1. The van der Waals surface area contributed by atoms with E-state index in [1.807, 2.05) is 27.7 Å². The van der Waals surface area contributed by atoms with Crippen molar-refractivity contribution in [3.05, 3.63) is 87.4 Å². The number of rotatable bonds is 9. The van der Waals surface area contributed by atoms with Gasteiger partial charge in [-0.2, -0.15) is 0 Å². The Morgan fingerprint density at radius 2 is 1.57 bits per heavy atom. The summed E-state index contributed by atoms with van der Waals surface area (Å²) in [5.41, 5.74) is 4.78. The zero-order valence-corrected chi connectivity index (χ0v) is 23.0. The van der Waals surface area contributed by atoms with Crippen molar-refractivity contribution in [1.29, 1.82) is 0 Å². The molecule has 0 aromatic heterocycles. The Kier molecular flexibility index (Phi) is 8.61. The lowest BCUT2D eigenvalue weighted by atomic mass is 9.96. The Bertz CT molecular complexity index is 1290. The van der Waals surface area contributed by atoms with E-state index in [0.29, 0.717) is 18.0 Å². The van der Waals surface area contributed by atoms with Crippen LogP contribution in [0.4, 0.5) is 5.69 Å². The van der Waals surface area contributed by atoms with E-state index in [0.717, 1.165) is 25.5 Å². The van der Waals surface area contributed by atoms with Gasteiger partial charge in [-0.3, -0.25) is 9.10 Å². The normalized spacial score (nSPS) is 12.2. The number of nitrogens with one attached hydrogen (secondary N) is 1. The van der Waals surface area contributed by atoms with Crippen LogP contribution < -0.4 is 14.4 Å². The number of halogens is 1. The van der Waals surface area contributed by atoms with E-state index in [-0.39, 0.29) is 17.5 Å². The number of anilines is 1. The molecule has 0 radical (unpaired) electrons. The van der Waals surface area contributed by atoms with E-state index in [9.17, 15) is 13.2 Å². The average Bonchev–Trinajstić information content (AvgIpc) is 2.81. The van der Waals surface area contributed by atoms with Crippen molar-refractivity contribution in [2.45, 2.75) is 45.6 Å². The Labute approximate surface area is 216 Å². The summed E-state index contributed by atoms with van der Waals surface area (Å²) in [4.78, 5) is 13.2. The molecule has 0 saturated carbocycles. The Morgan fingerprint density at radius 1 is 0.971 bits per heavy atom. The summed E-state index contributed by atoms with van der Waals surface area (Å²) in [6.45, 7) is 10.0. The minimum atomic E-state index is -4.00. The quantitative estimate of drug-likeness (QED) is 0.357. The lowest BCUT2D eigenvalue weighted by molar-refractivity contribution is -0.120. The highest BCUT2D eigenvalue weighted by atomic mass is 79.9. The van der Waals surface area contributed by atoms with Crippen LogP contribution >= 0.6 is 15.9 Å². The van der Waals surface area contributed by atoms with Crippen molar-refractivity contribution < 1.29 is 17.9 Å². The van der Waals surface area contributed by atoms with Gasteiger partial charge in [0, 0.05) is 4.47 Å². The van der Waals surface area contributed by atoms with E-state index in [1.54, 1.807) is 36.4 Å². The van der Waals surface area contributed by atoms with E-state index in [4.69, 9.17) is 4.74 Å². The van der Waals surface area contributed by atoms with E-state index in [1.165, 1.54) is 17.7 Å². The largest absolute Gasteiger partial charge is 0.494 e. The van der Waals surface area contributed by atoms with Crippen molar-refractivity contribution in [1.82, 2.24) is 5.32 Å². The van der Waals surface area contributed by atoms with Crippen LogP contribution in [-0.2, 0) is 14.8 Å². The molecule has 0 bridgehead atoms. The third kappa shape index (κ3) is 6.44. The molecule has 1 amide bonds. The van der Waals surface area contributed by atoms with Gasteiger partial charge in [0.25, 0.3) is 10.0 Å². The molecule has 0 heterocycles. The van der Waals surface area contributed by atoms with Gasteiger partial charge in [-0.05, 0) is 105 Å². The maximum absolute atomic E-state index is 13.6. The highest BCUT2D eigenvalue weighted by molar-refractivity contribution is 9.10. The summed E-state index contributed by atoms with van der Waals surface area (Å²) in [7, 11) is -4.00. The monoisotopic (exact) mass is 558 g/mol. The van der Waals surface area contributed by atoms with Crippen LogP contribution in [0.15, 0.2) is 70.0 Å². The SMILES string of the molecule is CCOc1ccc(N(CC(=O)NC(C)c2cc(C)c(C)cc2C)S(=O)(=O)c2ccc(Br)cc2)cc1. The molecule has 1 atom stereocenters. The number of carbonyl (C=O) groups excluding carboxylic acids is 1. The van der Waals surface area contributed by atoms with Crippen molar-refractivity contribution in [2.24, 2.45) is 0 Å². The number of sulfonamides is 1. The molecule has 0 spiro atoms. The number of hydrogen-bond donors (Lipinski definition) is 1. The second-order valence-corrected chi connectivity index (χ2v) is 11.3. The molecule has 186 valence electrons. The Hall–Kier alpha value is -2.84. The number of aryl methyl sites for hydroxylation is 3. The van der Waals surface area contributed by atoms with Gasteiger partial charge in [0.2, 0.25) is 5.91 Å². The van der Waals surface area contributed by atoms with Gasteiger partial charge in [0.1, 0.15) is 12.3 Å². The molecular weight excluding hydrogens is 528 g/mol. The number of carbonyl (C=O) groups is 1. The predicted molar refractivity (Wildman–Crippen MR) is 143 cm³/mol. The van der Waals surface area contributed by atoms with Gasteiger partial charge in [-0.25, -0.2) is 8.42 Å². The molecule has 1 unspecified atom stereocenters. The molecule has 6 nitrogen and oxygen atoms in total. The smallest absolute Gasteiger partial charge is 0.264 e. The minimum absolute atomic E-state index is 0.0976. The molecule has 8 heteroatoms. The molecular formula is C27H31BrN2O4S.